The molecule has 0 saturated heterocycles. The Morgan fingerprint density at radius 2 is 1.82 bits per heavy atom. The van der Waals surface area contributed by atoms with Crippen molar-refractivity contribution in [2.45, 2.75) is 25.7 Å². The molecule has 0 amide bonds. The van der Waals surface area contributed by atoms with Crippen molar-refractivity contribution < 1.29 is 4.42 Å². The van der Waals surface area contributed by atoms with Gasteiger partial charge in [0, 0.05) is 10.6 Å². The highest BCUT2D eigenvalue weighted by Gasteiger charge is 2.07. The normalized spacial score (nSPS) is 10.7. The number of benzene rings is 1. The summed E-state index contributed by atoms with van der Waals surface area (Å²) in [6.07, 6.45) is 8.00. The molecule has 2 rings (SSSR count). The summed E-state index contributed by atoms with van der Waals surface area (Å²) in [4.78, 5) is 0. The molecule has 0 aliphatic rings. The lowest BCUT2D eigenvalue weighted by Gasteiger charge is -2.03. The first-order valence-electron chi connectivity index (χ1n) is 5.91. The minimum atomic E-state index is 0.760. The van der Waals surface area contributed by atoms with Crippen molar-refractivity contribution in [3.8, 4) is 11.1 Å². The van der Waals surface area contributed by atoms with Crippen LogP contribution in [0.3, 0.4) is 0 Å². The SMILES string of the molecule is [CH2]CCCCc1cocc1-c1ccc(Cl)cc1. The van der Waals surface area contributed by atoms with E-state index in [2.05, 4.69) is 6.92 Å². The maximum absolute atomic E-state index is 5.88. The Bertz CT molecular complexity index is 456. The number of halogens is 1. The smallest absolute Gasteiger partial charge is 0.0983 e. The molecule has 0 aliphatic carbocycles. The lowest BCUT2D eigenvalue weighted by Crippen LogP contribution is -1.86. The van der Waals surface area contributed by atoms with Gasteiger partial charge in [0.15, 0.2) is 0 Å². The number of unbranched alkanes of at least 4 members (excludes halogenated alkanes) is 2. The Morgan fingerprint density at radius 3 is 2.53 bits per heavy atom. The average molecular weight is 248 g/mol. The van der Waals surface area contributed by atoms with Crippen molar-refractivity contribution in [3.05, 3.63) is 54.3 Å². The monoisotopic (exact) mass is 247 g/mol. The molecule has 0 saturated carbocycles. The molecule has 1 heterocycles. The molecule has 2 heteroatoms. The summed E-state index contributed by atoms with van der Waals surface area (Å²) in [5.74, 6) is 0. The van der Waals surface area contributed by atoms with E-state index < -0.39 is 0 Å². The van der Waals surface area contributed by atoms with Gasteiger partial charge in [0.05, 0.1) is 12.5 Å². The van der Waals surface area contributed by atoms with E-state index in [1.165, 1.54) is 11.1 Å². The van der Waals surface area contributed by atoms with Gasteiger partial charge in [0.25, 0.3) is 0 Å². The van der Waals surface area contributed by atoms with Gasteiger partial charge in [-0.05, 0) is 36.1 Å². The van der Waals surface area contributed by atoms with E-state index in [1.54, 1.807) is 0 Å². The van der Waals surface area contributed by atoms with Gasteiger partial charge >= 0.3 is 0 Å². The van der Waals surface area contributed by atoms with Gasteiger partial charge in [-0.15, -0.1) is 0 Å². The third-order valence-corrected chi connectivity index (χ3v) is 3.10. The molecule has 0 spiro atoms. The minimum Gasteiger partial charge on any atom is -0.472 e. The Labute approximate surface area is 107 Å². The zero-order chi connectivity index (χ0) is 12.1. The molecule has 0 fully saturated rings. The highest BCUT2D eigenvalue weighted by Crippen LogP contribution is 2.27. The highest BCUT2D eigenvalue weighted by molar-refractivity contribution is 6.30. The molecular formula is C15H16ClO. The van der Waals surface area contributed by atoms with E-state index in [-0.39, 0.29) is 0 Å². The summed E-state index contributed by atoms with van der Waals surface area (Å²) in [7, 11) is 0. The fraction of sp³-hybridized carbons (Fsp3) is 0.267. The molecule has 0 atom stereocenters. The van der Waals surface area contributed by atoms with E-state index >= 15 is 0 Å². The van der Waals surface area contributed by atoms with Crippen LogP contribution < -0.4 is 0 Å². The predicted octanol–water partition coefficient (Wildman–Crippen LogP) is 5.15. The maximum Gasteiger partial charge on any atom is 0.0983 e. The van der Waals surface area contributed by atoms with Crippen LogP contribution in [0.15, 0.2) is 41.2 Å². The number of aryl methyl sites for hydroxylation is 1. The van der Waals surface area contributed by atoms with Crippen LogP contribution in [0.25, 0.3) is 11.1 Å². The molecular weight excluding hydrogens is 232 g/mol. The van der Waals surface area contributed by atoms with E-state index in [9.17, 15) is 0 Å². The van der Waals surface area contributed by atoms with E-state index in [0.717, 1.165) is 36.3 Å². The lowest BCUT2D eigenvalue weighted by molar-refractivity contribution is 0.563. The molecule has 0 N–H and O–H groups in total. The highest BCUT2D eigenvalue weighted by atomic mass is 35.5. The van der Waals surface area contributed by atoms with Crippen molar-refractivity contribution in [2.75, 3.05) is 0 Å². The first-order chi connectivity index (χ1) is 8.31. The predicted molar refractivity (Wildman–Crippen MR) is 72.1 cm³/mol. The molecule has 1 radical (unpaired) electrons. The van der Waals surface area contributed by atoms with Crippen LogP contribution in [-0.2, 0) is 6.42 Å². The number of hydrogen-bond donors (Lipinski definition) is 0. The van der Waals surface area contributed by atoms with Gasteiger partial charge in [-0.1, -0.05) is 43.5 Å². The van der Waals surface area contributed by atoms with Crippen LogP contribution in [0.4, 0.5) is 0 Å². The third kappa shape index (κ3) is 3.13. The molecule has 0 aliphatic heterocycles. The number of hydrogen-bond acceptors (Lipinski definition) is 1. The maximum atomic E-state index is 5.88. The standard InChI is InChI=1S/C15H16ClO/c1-2-3-4-5-13-10-17-11-15(13)12-6-8-14(16)9-7-12/h6-11H,1-5H2. The Kier molecular flexibility index (Phi) is 4.27. The van der Waals surface area contributed by atoms with E-state index in [4.69, 9.17) is 16.0 Å². The van der Waals surface area contributed by atoms with Crippen LogP contribution in [0.2, 0.25) is 5.02 Å². The summed E-state index contributed by atoms with van der Waals surface area (Å²) in [5, 5.41) is 0.760. The average Bonchev–Trinajstić information content (AvgIpc) is 2.79. The summed E-state index contributed by atoms with van der Waals surface area (Å²) < 4.78 is 5.31. The molecule has 1 aromatic carbocycles. The summed E-state index contributed by atoms with van der Waals surface area (Å²) in [6, 6.07) is 7.86. The van der Waals surface area contributed by atoms with Gasteiger partial charge in [-0.3, -0.25) is 0 Å². The second kappa shape index (κ2) is 5.92. The molecule has 1 nitrogen and oxygen atoms in total. The Morgan fingerprint density at radius 1 is 1.06 bits per heavy atom. The van der Waals surface area contributed by atoms with Crippen LogP contribution in [0, 0.1) is 6.92 Å². The molecule has 17 heavy (non-hydrogen) atoms. The second-order valence-electron chi connectivity index (χ2n) is 4.13. The van der Waals surface area contributed by atoms with Crippen molar-refractivity contribution in [1.82, 2.24) is 0 Å². The van der Waals surface area contributed by atoms with Crippen molar-refractivity contribution in [3.63, 3.8) is 0 Å². The number of rotatable bonds is 5. The van der Waals surface area contributed by atoms with E-state index in [0.29, 0.717) is 0 Å². The molecule has 1 aromatic heterocycles. The summed E-state index contributed by atoms with van der Waals surface area (Å²) in [5.41, 5.74) is 3.60. The van der Waals surface area contributed by atoms with Crippen molar-refractivity contribution >= 4 is 11.6 Å². The largest absolute Gasteiger partial charge is 0.472 e. The van der Waals surface area contributed by atoms with Gasteiger partial charge in [-0.25, -0.2) is 0 Å². The minimum absolute atomic E-state index is 0.760. The quantitative estimate of drug-likeness (QED) is 0.666. The molecule has 0 bridgehead atoms. The zero-order valence-electron chi connectivity index (χ0n) is 9.79. The summed E-state index contributed by atoms with van der Waals surface area (Å²) >= 11 is 5.88. The van der Waals surface area contributed by atoms with Gasteiger partial charge in [0.2, 0.25) is 0 Å². The van der Waals surface area contributed by atoms with Crippen LogP contribution >= 0.6 is 11.6 Å². The van der Waals surface area contributed by atoms with Crippen LogP contribution in [0.1, 0.15) is 24.8 Å². The zero-order valence-corrected chi connectivity index (χ0v) is 10.5. The molecule has 89 valence electrons. The molecule has 2 aromatic rings. The first kappa shape index (κ1) is 12.3. The second-order valence-corrected chi connectivity index (χ2v) is 4.56. The van der Waals surface area contributed by atoms with Gasteiger partial charge < -0.3 is 4.42 Å². The van der Waals surface area contributed by atoms with E-state index in [1.807, 2.05) is 36.8 Å². The van der Waals surface area contributed by atoms with Crippen molar-refractivity contribution in [2.24, 2.45) is 0 Å². The number of furan rings is 1. The molecule has 0 unspecified atom stereocenters. The van der Waals surface area contributed by atoms with Crippen LogP contribution in [0.5, 0.6) is 0 Å². The topological polar surface area (TPSA) is 13.1 Å². The lowest BCUT2D eigenvalue weighted by atomic mass is 10.0. The van der Waals surface area contributed by atoms with Gasteiger partial charge in [-0.2, -0.15) is 0 Å². The first-order valence-corrected chi connectivity index (χ1v) is 6.29. The van der Waals surface area contributed by atoms with Crippen molar-refractivity contribution in [1.29, 1.82) is 0 Å². The fourth-order valence-electron chi connectivity index (χ4n) is 1.89. The van der Waals surface area contributed by atoms with Crippen LogP contribution in [-0.4, -0.2) is 0 Å². The third-order valence-electron chi connectivity index (χ3n) is 2.84. The Balaban J connectivity index is 2.15. The summed E-state index contributed by atoms with van der Waals surface area (Å²) in [6.45, 7) is 3.86. The fourth-order valence-corrected chi connectivity index (χ4v) is 2.02. The van der Waals surface area contributed by atoms with Gasteiger partial charge in [0.1, 0.15) is 0 Å². The Hall–Kier alpha value is -1.21.